The molecule has 4 aromatic rings. The predicted molar refractivity (Wildman–Crippen MR) is 126 cm³/mol. The molecule has 1 amide bonds. The van der Waals surface area contributed by atoms with E-state index in [0.29, 0.717) is 21.8 Å². The third kappa shape index (κ3) is 5.08. The van der Waals surface area contributed by atoms with E-state index in [1.807, 2.05) is 24.3 Å². The third-order valence-electron chi connectivity index (χ3n) is 4.77. The predicted octanol–water partition coefficient (Wildman–Crippen LogP) is 3.79. The van der Waals surface area contributed by atoms with Gasteiger partial charge in [0.05, 0.1) is 20.7 Å². The largest absolute Gasteiger partial charge is 0.449 e. The molecular formula is C23H19N3O5S2. The van der Waals surface area contributed by atoms with Crippen molar-refractivity contribution < 1.29 is 22.7 Å². The fourth-order valence-corrected chi connectivity index (χ4v) is 4.60. The van der Waals surface area contributed by atoms with Gasteiger partial charge < -0.3 is 10.1 Å². The number of ether oxygens (including phenoxy) is 1. The molecule has 8 nitrogen and oxygen atoms in total. The molecule has 0 fully saturated rings. The minimum Gasteiger partial charge on any atom is -0.449 e. The monoisotopic (exact) mass is 481 g/mol. The lowest BCUT2D eigenvalue weighted by molar-refractivity contribution is -0.123. The molecule has 0 spiro atoms. The maximum atomic E-state index is 12.9. The van der Waals surface area contributed by atoms with E-state index in [2.05, 4.69) is 10.3 Å². The number of sulfonamides is 1. The normalized spacial score (nSPS) is 12.3. The van der Waals surface area contributed by atoms with Gasteiger partial charge in [-0.15, -0.1) is 11.3 Å². The highest BCUT2D eigenvalue weighted by molar-refractivity contribution is 7.89. The molecule has 33 heavy (non-hydrogen) atoms. The number of nitrogens with two attached hydrogens (primary N) is 1. The van der Waals surface area contributed by atoms with Crippen molar-refractivity contribution in [3.8, 4) is 10.6 Å². The van der Waals surface area contributed by atoms with Crippen LogP contribution in [-0.2, 0) is 19.6 Å². The number of rotatable bonds is 6. The van der Waals surface area contributed by atoms with Crippen molar-refractivity contribution in [3.05, 3.63) is 78.4 Å². The standard InChI is InChI=1S/C23H19N3O5S2/c1-14(21(27)25-15-10-12-16(13-11-15)33(24,29)30)31-23(28)18-7-3-2-6-17(18)22-26-19-8-4-5-9-20(19)32-22/h2-14H,1H3,(H,25,27)(H2,24,29,30). The number of primary sulfonamides is 1. The van der Waals surface area contributed by atoms with Gasteiger partial charge >= 0.3 is 5.97 Å². The fourth-order valence-electron chi connectivity index (χ4n) is 3.08. The average molecular weight is 482 g/mol. The number of hydrogen-bond acceptors (Lipinski definition) is 7. The molecule has 0 aliphatic carbocycles. The van der Waals surface area contributed by atoms with Gasteiger partial charge in [-0.2, -0.15) is 0 Å². The summed E-state index contributed by atoms with van der Waals surface area (Å²) in [5, 5.41) is 8.32. The second-order valence-electron chi connectivity index (χ2n) is 7.14. The maximum Gasteiger partial charge on any atom is 0.339 e. The maximum absolute atomic E-state index is 12.9. The zero-order valence-corrected chi connectivity index (χ0v) is 19.0. The first-order valence-corrected chi connectivity index (χ1v) is 12.2. The Bertz CT molecular complexity index is 1410. The van der Waals surface area contributed by atoms with Crippen molar-refractivity contribution in [1.29, 1.82) is 0 Å². The van der Waals surface area contributed by atoms with Gasteiger partial charge in [-0.3, -0.25) is 4.79 Å². The van der Waals surface area contributed by atoms with E-state index in [1.54, 1.807) is 24.3 Å². The van der Waals surface area contributed by atoms with Crippen LogP contribution in [0.25, 0.3) is 20.8 Å². The number of carbonyl (C=O) groups excluding carboxylic acids is 2. The number of aromatic nitrogens is 1. The van der Waals surface area contributed by atoms with Gasteiger partial charge in [0.25, 0.3) is 5.91 Å². The zero-order chi connectivity index (χ0) is 23.6. The summed E-state index contributed by atoms with van der Waals surface area (Å²) < 4.78 is 29.1. The van der Waals surface area contributed by atoms with Crippen LogP contribution in [0.4, 0.5) is 5.69 Å². The smallest absolute Gasteiger partial charge is 0.339 e. The number of hydrogen-bond donors (Lipinski definition) is 2. The summed E-state index contributed by atoms with van der Waals surface area (Å²) in [4.78, 5) is 29.9. The highest BCUT2D eigenvalue weighted by Gasteiger charge is 2.22. The molecule has 168 valence electrons. The lowest BCUT2D eigenvalue weighted by atomic mass is 10.1. The first-order chi connectivity index (χ1) is 15.7. The van der Waals surface area contributed by atoms with Gasteiger partial charge in [0.15, 0.2) is 6.10 Å². The lowest BCUT2D eigenvalue weighted by Crippen LogP contribution is -2.30. The lowest BCUT2D eigenvalue weighted by Gasteiger charge is -2.15. The molecule has 0 aliphatic heterocycles. The van der Waals surface area contributed by atoms with Crippen LogP contribution >= 0.6 is 11.3 Å². The first-order valence-electron chi connectivity index (χ1n) is 9.82. The summed E-state index contributed by atoms with van der Waals surface area (Å²) in [5.74, 6) is -1.22. The molecule has 1 atom stereocenters. The average Bonchev–Trinajstić information content (AvgIpc) is 3.23. The van der Waals surface area contributed by atoms with Crippen LogP contribution in [0.5, 0.6) is 0 Å². The molecule has 0 aliphatic rings. The third-order valence-corrected chi connectivity index (χ3v) is 6.77. The molecule has 0 saturated carbocycles. The van der Waals surface area contributed by atoms with Crippen LogP contribution in [0.3, 0.4) is 0 Å². The number of nitrogens with one attached hydrogen (secondary N) is 1. The van der Waals surface area contributed by atoms with Crippen LogP contribution in [0.15, 0.2) is 77.7 Å². The Hall–Kier alpha value is -3.60. The fraction of sp³-hybridized carbons (Fsp3) is 0.0870. The molecule has 0 bridgehead atoms. The minimum absolute atomic E-state index is 0.0774. The van der Waals surface area contributed by atoms with Crippen molar-refractivity contribution in [1.82, 2.24) is 4.98 Å². The molecular weight excluding hydrogens is 462 g/mol. The summed E-state index contributed by atoms with van der Waals surface area (Å²) in [5.41, 5.74) is 2.09. The van der Waals surface area contributed by atoms with Gasteiger partial charge in [0.2, 0.25) is 10.0 Å². The van der Waals surface area contributed by atoms with Crippen LogP contribution in [0, 0.1) is 0 Å². The Kier molecular flexibility index (Phi) is 6.23. The summed E-state index contributed by atoms with van der Waals surface area (Å²) >= 11 is 1.46. The summed E-state index contributed by atoms with van der Waals surface area (Å²) in [6.07, 6.45) is -1.10. The van der Waals surface area contributed by atoms with Crippen LogP contribution in [0.2, 0.25) is 0 Å². The summed E-state index contributed by atoms with van der Waals surface area (Å²) in [6, 6.07) is 20.0. The quantitative estimate of drug-likeness (QED) is 0.403. The van der Waals surface area contributed by atoms with Crippen LogP contribution in [-0.4, -0.2) is 31.4 Å². The molecule has 0 saturated heterocycles. The molecule has 3 N–H and O–H groups in total. The second kappa shape index (κ2) is 9.10. The minimum atomic E-state index is -3.83. The van der Waals surface area contributed by atoms with Crippen molar-refractivity contribution in [2.45, 2.75) is 17.9 Å². The highest BCUT2D eigenvalue weighted by atomic mass is 32.2. The van der Waals surface area contributed by atoms with Crippen molar-refractivity contribution in [2.24, 2.45) is 5.14 Å². The number of benzene rings is 3. The Balaban J connectivity index is 1.48. The number of amides is 1. The van der Waals surface area contributed by atoms with Crippen LogP contribution < -0.4 is 10.5 Å². The number of esters is 1. The van der Waals surface area contributed by atoms with Crippen molar-refractivity contribution in [3.63, 3.8) is 0 Å². The Labute approximate surface area is 194 Å². The zero-order valence-electron chi connectivity index (χ0n) is 17.4. The van der Waals surface area contributed by atoms with E-state index in [1.165, 1.54) is 42.5 Å². The van der Waals surface area contributed by atoms with E-state index in [4.69, 9.17) is 9.88 Å². The van der Waals surface area contributed by atoms with Gasteiger partial charge in [-0.05, 0) is 49.4 Å². The topological polar surface area (TPSA) is 128 Å². The molecule has 1 unspecified atom stereocenters. The van der Waals surface area contributed by atoms with Gasteiger partial charge in [0, 0.05) is 11.3 Å². The Morgan fingerprint density at radius 2 is 1.67 bits per heavy atom. The SMILES string of the molecule is CC(OC(=O)c1ccccc1-c1nc2ccccc2s1)C(=O)Nc1ccc(S(N)(=O)=O)cc1. The number of fused-ring (bicyclic) bond motifs is 1. The number of para-hydroxylation sites is 1. The first kappa shape index (κ1) is 22.6. The number of nitrogens with zero attached hydrogens (tertiary/aromatic N) is 1. The van der Waals surface area contributed by atoms with E-state index >= 15 is 0 Å². The molecule has 3 aromatic carbocycles. The molecule has 10 heteroatoms. The second-order valence-corrected chi connectivity index (χ2v) is 9.73. The number of thiazole rings is 1. The Morgan fingerprint density at radius 1 is 1.00 bits per heavy atom. The number of anilines is 1. The van der Waals surface area contributed by atoms with E-state index in [0.717, 1.165) is 10.2 Å². The Morgan fingerprint density at radius 3 is 2.36 bits per heavy atom. The van der Waals surface area contributed by atoms with Gasteiger partial charge in [0.1, 0.15) is 5.01 Å². The molecule has 4 rings (SSSR count). The molecule has 0 radical (unpaired) electrons. The molecule has 1 aromatic heterocycles. The van der Waals surface area contributed by atoms with E-state index in [9.17, 15) is 18.0 Å². The van der Waals surface area contributed by atoms with Gasteiger partial charge in [-0.25, -0.2) is 23.3 Å². The summed E-state index contributed by atoms with van der Waals surface area (Å²) in [6.45, 7) is 1.45. The summed E-state index contributed by atoms with van der Waals surface area (Å²) in [7, 11) is -3.83. The van der Waals surface area contributed by atoms with Gasteiger partial charge in [-0.1, -0.05) is 30.3 Å². The van der Waals surface area contributed by atoms with E-state index < -0.39 is 28.0 Å². The van der Waals surface area contributed by atoms with Crippen molar-refractivity contribution in [2.75, 3.05) is 5.32 Å². The van der Waals surface area contributed by atoms with Crippen molar-refractivity contribution >= 4 is 49.1 Å². The highest BCUT2D eigenvalue weighted by Crippen LogP contribution is 2.32. The molecule has 1 heterocycles. The van der Waals surface area contributed by atoms with E-state index in [-0.39, 0.29) is 4.90 Å². The number of carbonyl (C=O) groups is 2. The van der Waals surface area contributed by atoms with Crippen LogP contribution in [0.1, 0.15) is 17.3 Å².